The Hall–Kier alpha value is -1.91. The molecule has 0 amide bonds. The largest absolute Gasteiger partial charge is 0.494 e. The van der Waals surface area contributed by atoms with E-state index in [4.69, 9.17) is 10.1 Å². The Morgan fingerprint density at radius 1 is 1.53 bits per heavy atom. The fourth-order valence-corrected chi connectivity index (χ4v) is 1.08. The molecule has 15 heavy (non-hydrogen) atoms. The summed E-state index contributed by atoms with van der Waals surface area (Å²) in [5.41, 5.74) is 3.99. The average molecular weight is 209 g/mol. The van der Waals surface area contributed by atoms with Crippen LogP contribution < -0.4 is 10.2 Å². The molecule has 0 aliphatic carbocycles. The van der Waals surface area contributed by atoms with E-state index in [1.54, 1.807) is 6.07 Å². The number of halogens is 1. The highest BCUT2D eigenvalue weighted by molar-refractivity contribution is 6.14. The quantitative estimate of drug-likeness (QED) is 0.590. The van der Waals surface area contributed by atoms with Crippen LogP contribution in [-0.4, -0.2) is 19.5 Å². The van der Waals surface area contributed by atoms with E-state index in [1.165, 1.54) is 19.4 Å². The highest BCUT2D eigenvalue weighted by Gasteiger charge is 2.06. The van der Waals surface area contributed by atoms with Crippen molar-refractivity contribution in [2.75, 3.05) is 12.5 Å². The number of benzene rings is 1. The Bertz CT molecular complexity index is 390. The van der Waals surface area contributed by atoms with Gasteiger partial charge >= 0.3 is 0 Å². The fourth-order valence-electron chi connectivity index (χ4n) is 1.08. The Labute approximate surface area is 87.3 Å². The fraction of sp³-hybridized carbons (Fsp3) is 0.200. The molecule has 0 saturated carbocycles. The molecule has 0 radical (unpaired) electrons. The second kappa shape index (κ2) is 5.09. The topological polar surface area (TPSA) is 57.5 Å². The van der Waals surface area contributed by atoms with Crippen LogP contribution in [0.25, 0.3) is 0 Å². The molecule has 5 heteroatoms. The number of methoxy groups -OCH3 is 1. The summed E-state index contributed by atoms with van der Waals surface area (Å²) in [7, 11) is 1.41. The Morgan fingerprint density at radius 3 is 2.87 bits per heavy atom. The first-order valence-electron chi connectivity index (χ1n) is 4.31. The number of hydrogen-bond donors (Lipinski definition) is 2. The predicted molar refractivity (Wildman–Crippen MR) is 58.6 cm³/mol. The van der Waals surface area contributed by atoms with Gasteiger partial charge < -0.3 is 10.1 Å². The number of anilines is 1. The standard InChI is InChI=1S/C10H12FN3O/c1-7-5-10(15-2)8(11)6-9(7)14-13-4-3-12/h3-6,12,14H,1-2H3/b12-3?,13-4-. The van der Waals surface area contributed by atoms with Crippen LogP contribution >= 0.6 is 0 Å². The smallest absolute Gasteiger partial charge is 0.167 e. The summed E-state index contributed by atoms with van der Waals surface area (Å²) < 4.78 is 18.1. The summed E-state index contributed by atoms with van der Waals surface area (Å²) in [6.07, 6.45) is 2.30. The second-order valence-electron chi connectivity index (χ2n) is 2.86. The maximum Gasteiger partial charge on any atom is 0.167 e. The molecular weight excluding hydrogens is 197 g/mol. The van der Waals surface area contributed by atoms with Gasteiger partial charge in [-0.3, -0.25) is 5.43 Å². The number of ether oxygens (including phenoxy) is 1. The maximum atomic E-state index is 13.3. The Morgan fingerprint density at radius 2 is 2.27 bits per heavy atom. The average Bonchev–Trinajstić information content (AvgIpc) is 2.23. The minimum atomic E-state index is -0.448. The van der Waals surface area contributed by atoms with Crippen LogP contribution in [0.3, 0.4) is 0 Å². The molecule has 0 aromatic heterocycles. The van der Waals surface area contributed by atoms with Crippen LogP contribution in [0.15, 0.2) is 17.2 Å². The molecule has 0 saturated heterocycles. The molecule has 0 unspecified atom stereocenters. The first-order valence-corrected chi connectivity index (χ1v) is 4.31. The van der Waals surface area contributed by atoms with Crippen molar-refractivity contribution in [3.63, 3.8) is 0 Å². The molecule has 0 aliphatic rings. The van der Waals surface area contributed by atoms with Gasteiger partial charge in [-0.25, -0.2) is 4.39 Å². The monoisotopic (exact) mass is 209 g/mol. The van der Waals surface area contributed by atoms with Gasteiger partial charge in [-0.05, 0) is 18.6 Å². The van der Waals surface area contributed by atoms with Gasteiger partial charge in [0.25, 0.3) is 0 Å². The van der Waals surface area contributed by atoms with E-state index in [2.05, 4.69) is 10.5 Å². The third kappa shape index (κ3) is 2.77. The number of nitrogens with zero attached hydrogens (tertiary/aromatic N) is 1. The number of hydrazone groups is 1. The summed E-state index contributed by atoms with van der Waals surface area (Å²) in [4.78, 5) is 0. The number of nitrogens with one attached hydrogen (secondary N) is 2. The van der Waals surface area contributed by atoms with Gasteiger partial charge in [0.1, 0.15) is 0 Å². The van der Waals surface area contributed by atoms with Gasteiger partial charge in [-0.1, -0.05) is 0 Å². The van der Waals surface area contributed by atoms with E-state index in [-0.39, 0.29) is 5.75 Å². The van der Waals surface area contributed by atoms with Gasteiger partial charge in [-0.2, -0.15) is 5.10 Å². The SMILES string of the molecule is COc1cc(C)c(N/N=C\C=N)cc1F. The first-order chi connectivity index (χ1) is 7.19. The molecule has 0 fully saturated rings. The highest BCUT2D eigenvalue weighted by Crippen LogP contribution is 2.24. The summed E-state index contributed by atoms with van der Waals surface area (Å²) in [6, 6.07) is 2.88. The van der Waals surface area contributed by atoms with E-state index in [9.17, 15) is 4.39 Å². The molecule has 1 rings (SSSR count). The summed E-state index contributed by atoms with van der Waals surface area (Å²) in [5, 5.41) is 10.4. The zero-order valence-electron chi connectivity index (χ0n) is 8.54. The van der Waals surface area contributed by atoms with Crippen LogP contribution in [0.4, 0.5) is 10.1 Å². The Kier molecular flexibility index (Phi) is 3.79. The highest BCUT2D eigenvalue weighted by atomic mass is 19.1. The second-order valence-corrected chi connectivity index (χ2v) is 2.86. The van der Waals surface area contributed by atoms with Crippen LogP contribution in [0.1, 0.15) is 5.56 Å². The van der Waals surface area contributed by atoms with Crippen molar-refractivity contribution < 1.29 is 9.13 Å². The van der Waals surface area contributed by atoms with Crippen LogP contribution in [0, 0.1) is 18.2 Å². The molecule has 0 aliphatic heterocycles. The number of rotatable bonds is 4. The molecule has 1 aromatic rings. The van der Waals surface area contributed by atoms with Gasteiger partial charge in [-0.15, -0.1) is 0 Å². The lowest BCUT2D eigenvalue weighted by atomic mass is 10.2. The van der Waals surface area contributed by atoms with Gasteiger partial charge in [0.2, 0.25) is 0 Å². The zero-order valence-corrected chi connectivity index (χ0v) is 8.54. The minimum Gasteiger partial charge on any atom is -0.494 e. The molecule has 0 spiro atoms. The third-order valence-electron chi connectivity index (χ3n) is 1.83. The van der Waals surface area contributed by atoms with E-state index in [1.807, 2.05) is 6.92 Å². The summed E-state index contributed by atoms with van der Waals surface area (Å²) in [6.45, 7) is 1.81. The van der Waals surface area contributed by atoms with Crippen molar-refractivity contribution in [1.29, 1.82) is 5.41 Å². The van der Waals surface area contributed by atoms with E-state index in [0.29, 0.717) is 5.69 Å². The molecule has 2 N–H and O–H groups in total. The first kappa shape index (κ1) is 11.2. The summed E-state index contributed by atoms with van der Waals surface area (Å²) >= 11 is 0. The molecular formula is C10H12FN3O. The van der Waals surface area contributed by atoms with Crippen LogP contribution in [0.5, 0.6) is 5.75 Å². The minimum absolute atomic E-state index is 0.203. The Balaban J connectivity index is 2.94. The normalized spacial score (nSPS) is 10.3. The van der Waals surface area contributed by atoms with Gasteiger partial charge in [0.15, 0.2) is 11.6 Å². The van der Waals surface area contributed by atoms with E-state index >= 15 is 0 Å². The van der Waals surface area contributed by atoms with Crippen molar-refractivity contribution >= 4 is 18.1 Å². The third-order valence-corrected chi connectivity index (χ3v) is 1.83. The number of aryl methyl sites for hydroxylation is 1. The molecule has 0 atom stereocenters. The van der Waals surface area contributed by atoms with E-state index in [0.717, 1.165) is 11.8 Å². The molecule has 0 heterocycles. The van der Waals surface area contributed by atoms with Crippen molar-refractivity contribution in [2.24, 2.45) is 5.10 Å². The molecule has 1 aromatic carbocycles. The molecule has 0 bridgehead atoms. The maximum absolute atomic E-state index is 13.3. The van der Waals surface area contributed by atoms with Crippen LogP contribution in [-0.2, 0) is 0 Å². The summed E-state index contributed by atoms with van der Waals surface area (Å²) in [5.74, 6) is -0.246. The van der Waals surface area contributed by atoms with Gasteiger partial charge in [0.05, 0.1) is 19.0 Å². The van der Waals surface area contributed by atoms with Crippen LogP contribution in [0.2, 0.25) is 0 Å². The lowest BCUT2D eigenvalue weighted by molar-refractivity contribution is 0.386. The van der Waals surface area contributed by atoms with Crippen molar-refractivity contribution in [1.82, 2.24) is 0 Å². The molecule has 4 nitrogen and oxygen atoms in total. The van der Waals surface area contributed by atoms with E-state index < -0.39 is 5.82 Å². The van der Waals surface area contributed by atoms with Crippen molar-refractivity contribution in [2.45, 2.75) is 6.92 Å². The van der Waals surface area contributed by atoms with Crippen molar-refractivity contribution in [3.05, 3.63) is 23.5 Å². The number of hydrogen-bond acceptors (Lipinski definition) is 4. The predicted octanol–water partition coefficient (Wildman–Crippen LogP) is 2.19. The van der Waals surface area contributed by atoms with Crippen molar-refractivity contribution in [3.8, 4) is 5.75 Å². The van der Waals surface area contributed by atoms with Gasteiger partial charge in [0, 0.05) is 12.3 Å². The zero-order chi connectivity index (χ0) is 11.3. The lowest BCUT2D eigenvalue weighted by Gasteiger charge is -2.08. The molecule has 80 valence electrons. The lowest BCUT2D eigenvalue weighted by Crippen LogP contribution is -1.96.